The van der Waals surface area contributed by atoms with Crippen LogP contribution in [0.2, 0.25) is 0 Å². The van der Waals surface area contributed by atoms with Gasteiger partial charge in [-0.3, -0.25) is 0 Å². The Hall–Kier alpha value is -0.430. The smallest absolute Gasteiger partial charge is 0.241 e. The summed E-state index contributed by atoms with van der Waals surface area (Å²) in [5.41, 5.74) is 0.939. The maximum absolute atomic E-state index is 12.5. The quantitative estimate of drug-likeness (QED) is 0.783. The Kier molecular flexibility index (Phi) is 6.64. The monoisotopic (exact) mass is 362 g/mol. The fraction of sp³-hybridized carbons (Fsp3) is 0.571. The first kappa shape index (κ1) is 17.6. The average molecular weight is 363 g/mol. The summed E-state index contributed by atoms with van der Waals surface area (Å²) in [6, 6.07) is 5.33. The van der Waals surface area contributed by atoms with Crippen LogP contribution in [0.4, 0.5) is 0 Å². The highest BCUT2D eigenvalue weighted by molar-refractivity contribution is 9.10. The third kappa shape index (κ3) is 4.55. The van der Waals surface area contributed by atoms with E-state index in [1.54, 1.807) is 12.1 Å². The molecule has 0 aliphatic heterocycles. The highest BCUT2D eigenvalue weighted by Gasteiger charge is 2.23. The summed E-state index contributed by atoms with van der Waals surface area (Å²) in [5.74, 6) is 0.258. The van der Waals surface area contributed by atoms with Crippen LogP contribution in [0.25, 0.3) is 0 Å². The van der Waals surface area contributed by atoms with Crippen molar-refractivity contribution in [1.82, 2.24) is 10.0 Å². The van der Waals surface area contributed by atoms with Crippen molar-refractivity contribution in [3.63, 3.8) is 0 Å². The van der Waals surface area contributed by atoms with Crippen molar-refractivity contribution >= 4 is 26.0 Å². The summed E-state index contributed by atoms with van der Waals surface area (Å²) in [4.78, 5) is 0.296. The number of rotatable bonds is 7. The Bertz CT molecular complexity index is 544. The molecule has 1 aromatic rings. The van der Waals surface area contributed by atoms with Crippen LogP contribution in [0.1, 0.15) is 32.8 Å². The Balaban J connectivity index is 3.11. The van der Waals surface area contributed by atoms with Gasteiger partial charge in [0.15, 0.2) is 0 Å². The van der Waals surface area contributed by atoms with E-state index in [9.17, 15) is 8.42 Å². The van der Waals surface area contributed by atoms with Gasteiger partial charge in [0, 0.05) is 17.1 Å². The van der Waals surface area contributed by atoms with Crippen LogP contribution in [0, 0.1) is 5.92 Å². The van der Waals surface area contributed by atoms with Gasteiger partial charge in [-0.2, -0.15) is 0 Å². The summed E-state index contributed by atoms with van der Waals surface area (Å²) in [5, 5.41) is 3.02. The average Bonchev–Trinajstić information content (AvgIpc) is 2.38. The van der Waals surface area contributed by atoms with Gasteiger partial charge in [0.2, 0.25) is 10.0 Å². The highest BCUT2D eigenvalue weighted by atomic mass is 79.9. The molecule has 0 bridgehead atoms. The van der Waals surface area contributed by atoms with Crippen LogP contribution in [0.3, 0.4) is 0 Å². The highest BCUT2D eigenvalue weighted by Crippen LogP contribution is 2.24. The third-order valence-electron chi connectivity index (χ3n) is 3.22. The Morgan fingerprint density at radius 2 is 1.95 bits per heavy atom. The van der Waals surface area contributed by atoms with E-state index < -0.39 is 10.0 Å². The van der Waals surface area contributed by atoms with Crippen LogP contribution in [-0.2, 0) is 16.6 Å². The van der Waals surface area contributed by atoms with Gasteiger partial charge in [0.25, 0.3) is 0 Å². The molecule has 0 spiro atoms. The topological polar surface area (TPSA) is 58.2 Å². The van der Waals surface area contributed by atoms with Crippen LogP contribution in [0.5, 0.6) is 0 Å². The standard InChI is InChI=1S/C14H23BrN2O2S/c1-5-13(10(2)3)17-20(18,19)14-8-11(9-16-4)6-7-12(14)15/h6-8,10,13,16-17H,5,9H2,1-4H3. The molecule has 0 heterocycles. The zero-order valence-corrected chi connectivity index (χ0v) is 14.8. The van der Waals surface area contributed by atoms with Gasteiger partial charge in [-0.25, -0.2) is 13.1 Å². The van der Waals surface area contributed by atoms with Gasteiger partial charge < -0.3 is 5.32 Å². The first-order valence-electron chi connectivity index (χ1n) is 6.77. The molecule has 1 atom stereocenters. The van der Waals surface area contributed by atoms with Gasteiger partial charge in [0.05, 0.1) is 4.90 Å². The van der Waals surface area contributed by atoms with Gasteiger partial charge in [0.1, 0.15) is 0 Å². The number of benzene rings is 1. The molecule has 0 saturated carbocycles. The molecule has 0 radical (unpaired) electrons. The maximum atomic E-state index is 12.5. The summed E-state index contributed by atoms with van der Waals surface area (Å²) >= 11 is 3.33. The zero-order chi connectivity index (χ0) is 15.3. The summed E-state index contributed by atoms with van der Waals surface area (Å²) in [6.45, 7) is 6.66. The van der Waals surface area contributed by atoms with Crippen molar-refractivity contribution in [2.24, 2.45) is 5.92 Å². The second kappa shape index (κ2) is 7.54. The molecule has 0 aliphatic rings. The first-order chi connectivity index (χ1) is 9.31. The third-order valence-corrected chi connectivity index (χ3v) is 5.70. The second-order valence-corrected chi connectivity index (χ2v) is 7.71. The molecule has 0 saturated heterocycles. The lowest BCUT2D eigenvalue weighted by Crippen LogP contribution is -2.38. The van der Waals surface area contributed by atoms with E-state index >= 15 is 0 Å². The lowest BCUT2D eigenvalue weighted by Gasteiger charge is -2.21. The molecule has 2 N–H and O–H groups in total. The van der Waals surface area contributed by atoms with Crippen LogP contribution >= 0.6 is 15.9 Å². The van der Waals surface area contributed by atoms with Crippen molar-refractivity contribution in [2.75, 3.05) is 7.05 Å². The van der Waals surface area contributed by atoms with Gasteiger partial charge in [-0.1, -0.05) is 26.8 Å². The molecule has 4 nitrogen and oxygen atoms in total. The van der Waals surface area contributed by atoms with Gasteiger partial charge >= 0.3 is 0 Å². The SMILES string of the molecule is CCC(NS(=O)(=O)c1cc(CNC)ccc1Br)C(C)C. The largest absolute Gasteiger partial charge is 0.316 e. The lowest BCUT2D eigenvalue weighted by molar-refractivity contribution is 0.437. The molecule has 20 heavy (non-hydrogen) atoms. The number of hydrogen-bond acceptors (Lipinski definition) is 3. The Morgan fingerprint density at radius 1 is 1.30 bits per heavy atom. The Labute approximate surface area is 130 Å². The molecule has 0 aliphatic carbocycles. The summed E-state index contributed by atoms with van der Waals surface area (Å²) in [6.07, 6.45) is 0.769. The van der Waals surface area contributed by atoms with Crippen molar-refractivity contribution in [2.45, 2.75) is 44.7 Å². The molecule has 0 fully saturated rings. The number of hydrogen-bond donors (Lipinski definition) is 2. The number of halogens is 1. The first-order valence-corrected chi connectivity index (χ1v) is 9.04. The molecule has 0 aromatic heterocycles. The normalized spacial score (nSPS) is 13.7. The molecule has 0 amide bonds. The Morgan fingerprint density at radius 3 is 2.45 bits per heavy atom. The minimum absolute atomic E-state index is 0.0557. The van der Waals surface area contributed by atoms with E-state index in [4.69, 9.17) is 0 Å². The molecule has 114 valence electrons. The van der Waals surface area contributed by atoms with Gasteiger partial charge in [-0.05, 0) is 53.0 Å². The minimum Gasteiger partial charge on any atom is -0.316 e. The maximum Gasteiger partial charge on any atom is 0.241 e. The molecule has 1 unspecified atom stereocenters. The van der Waals surface area contributed by atoms with E-state index in [2.05, 4.69) is 26.0 Å². The van der Waals surface area contributed by atoms with E-state index in [-0.39, 0.29) is 12.0 Å². The molecular formula is C14H23BrN2O2S. The lowest BCUT2D eigenvalue weighted by atomic mass is 10.0. The van der Waals surface area contributed by atoms with Crippen molar-refractivity contribution in [3.05, 3.63) is 28.2 Å². The van der Waals surface area contributed by atoms with E-state index in [1.165, 1.54) is 0 Å². The van der Waals surface area contributed by atoms with Gasteiger partial charge in [-0.15, -0.1) is 0 Å². The van der Waals surface area contributed by atoms with Crippen LogP contribution < -0.4 is 10.0 Å². The van der Waals surface area contributed by atoms with Crippen LogP contribution in [-0.4, -0.2) is 21.5 Å². The fourth-order valence-electron chi connectivity index (χ4n) is 2.02. The number of sulfonamides is 1. The molecule has 1 rings (SSSR count). The van der Waals surface area contributed by atoms with E-state index in [0.29, 0.717) is 15.9 Å². The molecule has 6 heteroatoms. The number of nitrogens with one attached hydrogen (secondary N) is 2. The van der Waals surface area contributed by atoms with Crippen molar-refractivity contribution in [3.8, 4) is 0 Å². The van der Waals surface area contributed by atoms with E-state index in [1.807, 2.05) is 33.9 Å². The van der Waals surface area contributed by atoms with Crippen molar-refractivity contribution in [1.29, 1.82) is 0 Å². The minimum atomic E-state index is -3.51. The summed E-state index contributed by atoms with van der Waals surface area (Å²) in [7, 11) is -1.68. The predicted molar refractivity (Wildman–Crippen MR) is 86.1 cm³/mol. The predicted octanol–water partition coefficient (Wildman–Crippen LogP) is 2.88. The second-order valence-electron chi connectivity index (χ2n) is 5.18. The van der Waals surface area contributed by atoms with Crippen LogP contribution in [0.15, 0.2) is 27.6 Å². The molecule has 1 aromatic carbocycles. The zero-order valence-electron chi connectivity index (χ0n) is 12.4. The molecular weight excluding hydrogens is 340 g/mol. The summed E-state index contributed by atoms with van der Waals surface area (Å²) < 4.78 is 28.4. The van der Waals surface area contributed by atoms with Crippen molar-refractivity contribution < 1.29 is 8.42 Å². The fourth-order valence-corrected chi connectivity index (χ4v) is 4.50. The van der Waals surface area contributed by atoms with E-state index in [0.717, 1.165) is 12.0 Å².